The van der Waals surface area contributed by atoms with E-state index in [1.54, 1.807) is 26.2 Å². The minimum atomic E-state index is 0.00167. The van der Waals surface area contributed by atoms with Crippen molar-refractivity contribution in [2.75, 3.05) is 20.6 Å². The maximum atomic E-state index is 11.1. The molecular formula is C11H20N2O2. The molecule has 86 valence electrons. The van der Waals surface area contributed by atoms with E-state index in [0.29, 0.717) is 13.0 Å². The highest BCUT2D eigenvalue weighted by Gasteiger charge is 2.03. The Bertz CT molecular complexity index is 245. The molecule has 0 aliphatic rings. The van der Waals surface area contributed by atoms with Gasteiger partial charge in [0, 0.05) is 33.0 Å². The summed E-state index contributed by atoms with van der Waals surface area (Å²) >= 11 is 0. The highest BCUT2D eigenvalue weighted by atomic mass is 16.2. The molecule has 0 spiro atoms. The van der Waals surface area contributed by atoms with E-state index in [4.69, 9.17) is 0 Å². The van der Waals surface area contributed by atoms with Gasteiger partial charge < -0.3 is 10.2 Å². The minimum Gasteiger partial charge on any atom is -0.352 e. The van der Waals surface area contributed by atoms with Crippen LogP contribution in [0.5, 0.6) is 0 Å². The van der Waals surface area contributed by atoms with Crippen molar-refractivity contribution < 1.29 is 9.59 Å². The van der Waals surface area contributed by atoms with Gasteiger partial charge in [0.05, 0.1) is 0 Å². The van der Waals surface area contributed by atoms with E-state index in [-0.39, 0.29) is 17.7 Å². The second-order valence-electron chi connectivity index (χ2n) is 3.86. The van der Waals surface area contributed by atoms with Gasteiger partial charge in [0.15, 0.2) is 0 Å². The molecule has 15 heavy (non-hydrogen) atoms. The third kappa shape index (κ3) is 6.71. The molecule has 0 rings (SSSR count). The average molecular weight is 212 g/mol. The van der Waals surface area contributed by atoms with Crippen LogP contribution in [0.3, 0.4) is 0 Å². The number of nitrogens with one attached hydrogen (secondary N) is 1. The molecule has 0 saturated carbocycles. The Hall–Kier alpha value is -1.32. The molecule has 0 unspecified atom stereocenters. The molecule has 2 amide bonds. The molecule has 0 fully saturated rings. The van der Waals surface area contributed by atoms with Crippen molar-refractivity contribution in [1.29, 1.82) is 0 Å². The van der Waals surface area contributed by atoms with Gasteiger partial charge in [-0.3, -0.25) is 9.59 Å². The van der Waals surface area contributed by atoms with E-state index in [2.05, 4.69) is 5.32 Å². The van der Waals surface area contributed by atoms with Gasteiger partial charge in [0.2, 0.25) is 11.8 Å². The van der Waals surface area contributed by atoms with Crippen LogP contribution >= 0.6 is 0 Å². The molecule has 0 aliphatic carbocycles. The lowest BCUT2D eigenvalue weighted by Crippen LogP contribution is -2.27. The van der Waals surface area contributed by atoms with Crippen LogP contribution in [-0.4, -0.2) is 37.4 Å². The van der Waals surface area contributed by atoms with Gasteiger partial charge in [0.1, 0.15) is 0 Å². The zero-order chi connectivity index (χ0) is 11.8. The molecule has 4 heteroatoms. The van der Waals surface area contributed by atoms with Crippen molar-refractivity contribution in [3.05, 3.63) is 12.2 Å². The van der Waals surface area contributed by atoms with Gasteiger partial charge in [-0.05, 0) is 0 Å². The van der Waals surface area contributed by atoms with Crippen LogP contribution in [-0.2, 0) is 9.59 Å². The standard InChI is InChI=1S/C11H20N2O2/c1-9(2)11(15)12-8-6-5-7-10(14)13(3)4/h5-6,9H,7-8H2,1-4H3,(H,12,15)/b6-5+. The summed E-state index contributed by atoms with van der Waals surface area (Å²) in [6.07, 6.45) is 3.94. The number of hydrogen-bond acceptors (Lipinski definition) is 2. The molecule has 1 N–H and O–H groups in total. The van der Waals surface area contributed by atoms with Crippen LogP contribution in [0.4, 0.5) is 0 Å². The summed E-state index contributed by atoms with van der Waals surface area (Å²) in [4.78, 5) is 23.8. The minimum absolute atomic E-state index is 0.00167. The largest absolute Gasteiger partial charge is 0.352 e. The highest BCUT2D eigenvalue weighted by molar-refractivity contribution is 5.78. The summed E-state index contributed by atoms with van der Waals surface area (Å²) in [6.45, 7) is 4.17. The Morgan fingerprint density at radius 3 is 2.33 bits per heavy atom. The van der Waals surface area contributed by atoms with Gasteiger partial charge in [0.25, 0.3) is 0 Å². The van der Waals surface area contributed by atoms with Crippen molar-refractivity contribution in [2.45, 2.75) is 20.3 Å². The first-order valence-electron chi connectivity index (χ1n) is 5.08. The van der Waals surface area contributed by atoms with E-state index >= 15 is 0 Å². The van der Waals surface area contributed by atoms with Gasteiger partial charge >= 0.3 is 0 Å². The second-order valence-corrected chi connectivity index (χ2v) is 3.86. The molecule has 4 nitrogen and oxygen atoms in total. The summed E-state index contributed by atoms with van der Waals surface area (Å²) in [5.41, 5.74) is 0. The summed E-state index contributed by atoms with van der Waals surface area (Å²) in [6, 6.07) is 0. The molecule has 0 aromatic rings. The molecule has 0 aliphatic heterocycles. The first-order valence-corrected chi connectivity index (χ1v) is 5.08. The Morgan fingerprint density at radius 2 is 1.87 bits per heavy atom. The first kappa shape index (κ1) is 13.7. The summed E-state index contributed by atoms with van der Waals surface area (Å²) in [5.74, 6) is 0.0850. The third-order valence-corrected chi connectivity index (χ3v) is 1.88. The summed E-state index contributed by atoms with van der Waals surface area (Å²) in [7, 11) is 3.44. The molecule has 0 aromatic heterocycles. The fourth-order valence-corrected chi connectivity index (χ4v) is 0.814. The zero-order valence-electron chi connectivity index (χ0n) is 9.91. The smallest absolute Gasteiger partial charge is 0.225 e. The van der Waals surface area contributed by atoms with Crippen LogP contribution in [0.25, 0.3) is 0 Å². The zero-order valence-corrected chi connectivity index (χ0v) is 9.91. The number of hydrogen-bond donors (Lipinski definition) is 1. The molecule has 0 heterocycles. The first-order chi connectivity index (χ1) is 6.95. The lowest BCUT2D eigenvalue weighted by molar-refractivity contribution is -0.127. The Balaban J connectivity index is 3.64. The maximum Gasteiger partial charge on any atom is 0.225 e. The van der Waals surface area contributed by atoms with Crippen LogP contribution in [0.1, 0.15) is 20.3 Å². The highest BCUT2D eigenvalue weighted by Crippen LogP contribution is 1.91. The molecular weight excluding hydrogens is 192 g/mol. The van der Waals surface area contributed by atoms with E-state index in [9.17, 15) is 9.59 Å². The number of amides is 2. The van der Waals surface area contributed by atoms with Crippen molar-refractivity contribution >= 4 is 11.8 Å². The van der Waals surface area contributed by atoms with Gasteiger partial charge in [-0.15, -0.1) is 0 Å². The summed E-state index contributed by atoms with van der Waals surface area (Å²) < 4.78 is 0. The summed E-state index contributed by atoms with van der Waals surface area (Å²) in [5, 5.41) is 2.73. The van der Waals surface area contributed by atoms with Gasteiger partial charge in [-0.1, -0.05) is 26.0 Å². The van der Waals surface area contributed by atoms with E-state index in [0.717, 1.165) is 0 Å². The average Bonchev–Trinajstić information content (AvgIpc) is 2.16. The van der Waals surface area contributed by atoms with Crippen LogP contribution in [0.2, 0.25) is 0 Å². The lowest BCUT2D eigenvalue weighted by atomic mass is 10.2. The number of rotatable bonds is 5. The van der Waals surface area contributed by atoms with E-state index in [1.807, 2.05) is 13.8 Å². The number of nitrogens with zero attached hydrogens (tertiary/aromatic N) is 1. The van der Waals surface area contributed by atoms with Gasteiger partial charge in [-0.25, -0.2) is 0 Å². The van der Waals surface area contributed by atoms with Crippen LogP contribution < -0.4 is 5.32 Å². The molecule has 0 bridgehead atoms. The SMILES string of the molecule is CC(C)C(=O)NC/C=C/CC(=O)N(C)C. The fourth-order valence-electron chi connectivity index (χ4n) is 0.814. The molecule has 0 saturated heterocycles. The predicted molar refractivity (Wildman–Crippen MR) is 60.3 cm³/mol. The molecule has 0 radical (unpaired) electrons. The number of carbonyl (C=O) groups is 2. The van der Waals surface area contributed by atoms with E-state index in [1.165, 1.54) is 4.90 Å². The Kier molecular flexibility index (Phi) is 6.42. The van der Waals surface area contributed by atoms with Gasteiger partial charge in [-0.2, -0.15) is 0 Å². The van der Waals surface area contributed by atoms with Crippen molar-refractivity contribution in [3.8, 4) is 0 Å². The predicted octanol–water partition coefficient (Wildman–Crippen LogP) is 0.793. The molecule has 0 atom stereocenters. The van der Waals surface area contributed by atoms with E-state index < -0.39 is 0 Å². The van der Waals surface area contributed by atoms with Crippen LogP contribution in [0.15, 0.2) is 12.2 Å². The quantitative estimate of drug-likeness (QED) is 0.685. The third-order valence-electron chi connectivity index (χ3n) is 1.88. The Morgan fingerprint density at radius 1 is 1.27 bits per heavy atom. The maximum absolute atomic E-state index is 11.1. The Labute approximate surface area is 91.3 Å². The topological polar surface area (TPSA) is 49.4 Å². The number of carbonyl (C=O) groups excluding carboxylic acids is 2. The monoisotopic (exact) mass is 212 g/mol. The fraction of sp³-hybridized carbons (Fsp3) is 0.636. The van der Waals surface area contributed by atoms with Crippen molar-refractivity contribution in [3.63, 3.8) is 0 Å². The van der Waals surface area contributed by atoms with Crippen molar-refractivity contribution in [2.24, 2.45) is 5.92 Å². The van der Waals surface area contributed by atoms with Crippen LogP contribution in [0, 0.1) is 5.92 Å². The lowest BCUT2D eigenvalue weighted by Gasteiger charge is -2.07. The van der Waals surface area contributed by atoms with Crippen molar-refractivity contribution in [1.82, 2.24) is 10.2 Å². The normalized spacial score (nSPS) is 10.7. The molecule has 0 aromatic carbocycles. The second kappa shape index (κ2) is 7.04.